The van der Waals surface area contributed by atoms with Crippen LogP contribution >= 0.6 is 0 Å². The Morgan fingerprint density at radius 1 is 0.963 bits per heavy atom. The smallest absolute Gasteiger partial charge is 0.228 e. The average Bonchev–Trinajstić information content (AvgIpc) is 2.69. The van der Waals surface area contributed by atoms with Gasteiger partial charge in [-0.2, -0.15) is 0 Å². The van der Waals surface area contributed by atoms with Gasteiger partial charge in [0.05, 0.1) is 17.1 Å². The molecule has 0 unspecified atom stereocenters. The molecule has 0 bridgehead atoms. The van der Waals surface area contributed by atoms with Crippen molar-refractivity contribution in [1.82, 2.24) is 0 Å². The molecule has 2 aromatic rings. The molecule has 5 heteroatoms. The van der Waals surface area contributed by atoms with Gasteiger partial charge in [0.2, 0.25) is 5.91 Å². The van der Waals surface area contributed by atoms with Crippen molar-refractivity contribution in [3.8, 4) is 0 Å². The zero-order valence-corrected chi connectivity index (χ0v) is 16.6. The second-order valence-electron chi connectivity index (χ2n) is 7.23. The Bertz CT molecular complexity index is 865. The van der Waals surface area contributed by atoms with Crippen LogP contribution in [0.1, 0.15) is 56.1 Å². The zero-order chi connectivity index (χ0) is 19.3. The van der Waals surface area contributed by atoms with Crippen molar-refractivity contribution in [3.05, 3.63) is 59.7 Å². The topological polar surface area (TPSA) is 63.2 Å². The lowest BCUT2D eigenvalue weighted by Crippen LogP contribution is -2.14. The molecule has 0 heterocycles. The summed E-state index contributed by atoms with van der Waals surface area (Å²) < 4.78 is 23.7. The van der Waals surface area contributed by atoms with Crippen molar-refractivity contribution in [2.75, 3.05) is 11.1 Å². The summed E-state index contributed by atoms with van der Waals surface area (Å²) in [6.45, 7) is 1.62. The molecule has 0 spiro atoms. The predicted molar refractivity (Wildman–Crippen MR) is 109 cm³/mol. The fourth-order valence-corrected chi connectivity index (χ4v) is 4.53. The van der Waals surface area contributed by atoms with Gasteiger partial charge >= 0.3 is 0 Å². The van der Waals surface area contributed by atoms with E-state index in [9.17, 15) is 13.2 Å². The van der Waals surface area contributed by atoms with Crippen LogP contribution in [0.3, 0.4) is 0 Å². The third-order valence-electron chi connectivity index (χ3n) is 5.30. The molecule has 3 rings (SSSR count). The summed E-state index contributed by atoms with van der Waals surface area (Å²) in [7, 11) is -3.21. The molecule has 2 aromatic carbocycles. The summed E-state index contributed by atoms with van der Waals surface area (Å²) in [5.74, 6) is 0.622. The van der Waals surface area contributed by atoms with Crippen molar-refractivity contribution >= 4 is 21.4 Å². The van der Waals surface area contributed by atoms with Gasteiger partial charge in [0.1, 0.15) is 0 Å². The van der Waals surface area contributed by atoms with Crippen LogP contribution in [0.25, 0.3) is 0 Å². The van der Waals surface area contributed by atoms with Crippen LogP contribution in [0, 0.1) is 0 Å². The van der Waals surface area contributed by atoms with E-state index in [1.165, 1.54) is 37.7 Å². The molecule has 144 valence electrons. The summed E-state index contributed by atoms with van der Waals surface area (Å²) in [4.78, 5) is 12.6. The van der Waals surface area contributed by atoms with E-state index in [1.54, 1.807) is 31.2 Å². The van der Waals surface area contributed by atoms with Gasteiger partial charge in [0, 0.05) is 5.69 Å². The van der Waals surface area contributed by atoms with E-state index in [4.69, 9.17) is 0 Å². The molecule has 1 aliphatic carbocycles. The van der Waals surface area contributed by atoms with Crippen molar-refractivity contribution in [1.29, 1.82) is 0 Å². The highest BCUT2D eigenvalue weighted by Crippen LogP contribution is 2.32. The number of sulfone groups is 1. The number of benzene rings is 2. The van der Waals surface area contributed by atoms with E-state index in [-0.39, 0.29) is 18.1 Å². The van der Waals surface area contributed by atoms with Crippen molar-refractivity contribution in [2.45, 2.75) is 56.3 Å². The van der Waals surface area contributed by atoms with Crippen molar-refractivity contribution in [2.24, 2.45) is 0 Å². The highest BCUT2D eigenvalue weighted by molar-refractivity contribution is 7.91. The Labute approximate surface area is 161 Å². The van der Waals surface area contributed by atoms with Crippen LogP contribution in [-0.2, 0) is 21.1 Å². The Balaban J connectivity index is 1.57. The molecular weight excluding hydrogens is 358 g/mol. The fraction of sp³-hybridized carbons (Fsp3) is 0.409. The molecule has 0 radical (unpaired) electrons. The highest BCUT2D eigenvalue weighted by Gasteiger charge is 2.15. The molecule has 4 nitrogen and oxygen atoms in total. The number of hydrogen-bond donors (Lipinski definition) is 1. The third kappa shape index (κ3) is 5.19. The first-order valence-electron chi connectivity index (χ1n) is 9.69. The van der Waals surface area contributed by atoms with Crippen LogP contribution in [0.2, 0.25) is 0 Å². The molecule has 1 amide bonds. The minimum absolute atomic E-state index is 0.0731. The first-order valence-corrected chi connectivity index (χ1v) is 11.3. The molecule has 0 aromatic heterocycles. The summed E-state index contributed by atoms with van der Waals surface area (Å²) in [5.41, 5.74) is 2.95. The number of carbonyl (C=O) groups excluding carboxylic acids is 1. The molecule has 1 aliphatic rings. The van der Waals surface area contributed by atoms with Crippen LogP contribution in [0.5, 0.6) is 0 Å². The van der Waals surface area contributed by atoms with E-state index in [0.717, 1.165) is 11.3 Å². The molecular formula is C22H27NO3S. The van der Waals surface area contributed by atoms with E-state index in [0.29, 0.717) is 10.8 Å². The molecule has 0 atom stereocenters. The summed E-state index contributed by atoms with van der Waals surface area (Å²) in [6, 6.07) is 14.7. The minimum atomic E-state index is -3.21. The summed E-state index contributed by atoms with van der Waals surface area (Å²) >= 11 is 0. The Morgan fingerprint density at radius 2 is 1.59 bits per heavy atom. The van der Waals surface area contributed by atoms with Gasteiger partial charge in [-0.1, -0.05) is 50.5 Å². The number of carbonyl (C=O) groups is 1. The Morgan fingerprint density at radius 3 is 2.19 bits per heavy atom. The van der Waals surface area contributed by atoms with Crippen molar-refractivity contribution in [3.63, 3.8) is 0 Å². The van der Waals surface area contributed by atoms with Crippen LogP contribution < -0.4 is 5.32 Å². The monoisotopic (exact) mass is 385 g/mol. The molecule has 1 fully saturated rings. The fourth-order valence-electron chi connectivity index (χ4n) is 3.65. The number of rotatable bonds is 6. The van der Waals surface area contributed by atoms with Crippen molar-refractivity contribution < 1.29 is 13.2 Å². The predicted octanol–water partition coefficient (Wildman–Crippen LogP) is 4.71. The molecule has 0 saturated heterocycles. The Kier molecular flexibility index (Phi) is 6.32. The van der Waals surface area contributed by atoms with Gasteiger partial charge in [-0.15, -0.1) is 0 Å². The lowest BCUT2D eigenvalue weighted by atomic mass is 9.84. The number of anilines is 1. The highest BCUT2D eigenvalue weighted by atomic mass is 32.2. The van der Waals surface area contributed by atoms with E-state index in [2.05, 4.69) is 17.4 Å². The van der Waals surface area contributed by atoms with Crippen LogP contribution in [0.15, 0.2) is 53.4 Å². The summed E-state index contributed by atoms with van der Waals surface area (Å²) in [6.07, 6.45) is 6.70. The first kappa shape index (κ1) is 19.6. The number of amides is 1. The van der Waals surface area contributed by atoms with Gasteiger partial charge in [-0.3, -0.25) is 4.79 Å². The minimum Gasteiger partial charge on any atom is -0.326 e. The van der Waals surface area contributed by atoms with E-state index >= 15 is 0 Å². The third-order valence-corrected chi connectivity index (χ3v) is 7.05. The molecule has 1 N–H and O–H groups in total. The van der Waals surface area contributed by atoms with Gasteiger partial charge in [0.15, 0.2) is 9.84 Å². The van der Waals surface area contributed by atoms with Crippen LogP contribution in [-0.4, -0.2) is 20.1 Å². The standard InChI is InChI=1S/C22H27NO3S/c1-2-27(25,26)21-14-8-17(9-15-21)16-22(24)23-20-12-10-19(11-13-20)18-6-4-3-5-7-18/h8-15,18H,2-7,16H2,1H3,(H,23,24). The lowest BCUT2D eigenvalue weighted by Gasteiger charge is -2.22. The SMILES string of the molecule is CCS(=O)(=O)c1ccc(CC(=O)Nc2ccc(C3CCCCC3)cc2)cc1. The van der Waals surface area contributed by atoms with Gasteiger partial charge in [-0.25, -0.2) is 8.42 Å². The maximum Gasteiger partial charge on any atom is 0.228 e. The zero-order valence-electron chi connectivity index (χ0n) is 15.8. The number of nitrogens with one attached hydrogen (secondary N) is 1. The van der Waals surface area contributed by atoms with E-state index in [1.807, 2.05) is 12.1 Å². The molecule has 27 heavy (non-hydrogen) atoms. The summed E-state index contributed by atoms with van der Waals surface area (Å²) in [5, 5.41) is 2.92. The molecule has 0 aliphatic heterocycles. The Hall–Kier alpha value is -2.14. The number of hydrogen-bond acceptors (Lipinski definition) is 3. The second-order valence-corrected chi connectivity index (χ2v) is 9.51. The van der Waals surface area contributed by atoms with Gasteiger partial charge in [0.25, 0.3) is 0 Å². The lowest BCUT2D eigenvalue weighted by molar-refractivity contribution is -0.115. The maximum absolute atomic E-state index is 12.3. The quantitative estimate of drug-likeness (QED) is 0.783. The van der Waals surface area contributed by atoms with E-state index < -0.39 is 9.84 Å². The first-order chi connectivity index (χ1) is 13.0. The normalized spacial score (nSPS) is 15.4. The van der Waals surface area contributed by atoms with Gasteiger partial charge < -0.3 is 5.32 Å². The maximum atomic E-state index is 12.3. The molecule has 1 saturated carbocycles. The average molecular weight is 386 g/mol. The second kappa shape index (κ2) is 8.70. The van der Waals surface area contributed by atoms with Crippen LogP contribution in [0.4, 0.5) is 5.69 Å². The van der Waals surface area contributed by atoms with Gasteiger partial charge in [-0.05, 0) is 54.2 Å². The largest absolute Gasteiger partial charge is 0.326 e.